The zero-order valence-electron chi connectivity index (χ0n) is 29.7. The van der Waals surface area contributed by atoms with E-state index < -0.39 is 161 Å². The lowest BCUT2D eigenvalue weighted by Crippen LogP contribution is -2.67. The molecule has 0 bridgehead atoms. The maximum absolute atomic E-state index is 11.5. The third-order valence-corrected chi connectivity index (χ3v) is 10.2. The fourth-order valence-electron chi connectivity index (χ4n) is 6.89. The van der Waals surface area contributed by atoms with Gasteiger partial charge in [0.05, 0.1) is 38.1 Å². The van der Waals surface area contributed by atoms with Crippen LogP contribution in [0, 0.1) is 0 Å². The molecule has 24 atom stereocenters. The van der Waals surface area contributed by atoms with Crippen LogP contribution < -0.4 is 0 Å². The Morgan fingerprint density at radius 2 is 0.852 bits per heavy atom. The molecule has 5 aliphatic heterocycles. The molecule has 22 nitrogen and oxygen atoms in total. The lowest BCUT2D eigenvalue weighted by Gasteiger charge is -2.50. The largest absolute Gasteiger partial charge is 0.394 e. The highest BCUT2D eigenvalue weighted by atomic mass is 16.8. The monoisotopic (exact) mass is 790 g/mol. The SMILES string of the molecule is C=CCO[C@@H]1O[C@@H](C)[C@H](O)[C@@H](O)[C@H]1O[C@@H]1O[C@@H](C)[C@H](O)[C@@H](O[C@@H]2O[C@@H](C)[C@H](O)[C@@H](O[C@@H]3O[C@H](CO)[C@@H](O)[C@H]3O)[C@H]2O[C@@H]2O[C@H](CO)[C@@H](O)[C@H](O)[C@H]2O)[C@H]1O. The summed E-state index contributed by atoms with van der Waals surface area (Å²) < 4.78 is 57.7. The summed E-state index contributed by atoms with van der Waals surface area (Å²) >= 11 is 0. The summed E-state index contributed by atoms with van der Waals surface area (Å²) in [5, 5.41) is 127. The predicted octanol–water partition coefficient (Wildman–Crippen LogP) is -6.99. The summed E-state index contributed by atoms with van der Waals surface area (Å²) in [6.07, 6.45) is -36.8. The summed E-state index contributed by atoms with van der Waals surface area (Å²) in [6.45, 7) is 6.26. The summed E-state index contributed by atoms with van der Waals surface area (Å²) in [7, 11) is 0. The topological polar surface area (TPSA) is 335 Å². The molecule has 0 amide bonds. The third-order valence-electron chi connectivity index (χ3n) is 10.2. The second-order valence-electron chi connectivity index (χ2n) is 14.0. The van der Waals surface area contributed by atoms with Gasteiger partial charge < -0.3 is 109 Å². The first-order chi connectivity index (χ1) is 25.5. The Balaban J connectivity index is 1.43. The molecule has 5 rings (SSSR count). The molecule has 0 spiro atoms. The molecule has 0 saturated carbocycles. The van der Waals surface area contributed by atoms with Crippen molar-refractivity contribution in [2.75, 3.05) is 19.8 Å². The van der Waals surface area contributed by atoms with Crippen molar-refractivity contribution >= 4 is 0 Å². The number of hydrogen-bond donors (Lipinski definition) is 12. The van der Waals surface area contributed by atoms with Crippen molar-refractivity contribution in [3.8, 4) is 0 Å². The minimum absolute atomic E-state index is 0.0420. The van der Waals surface area contributed by atoms with Crippen LogP contribution in [0.15, 0.2) is 12.7 Å². The number of rotatable bonds is 13. The molecule has 0 aliphatic carbocycles. The zero-order valence-corrected chi connectivity index (χ0v) is 29.7. The molecule has 314 valence electrons. The molecule has 0 aromatic carbocycles. The molecule has 54 heavy (non-hydrogen) atoms. The second kappa shape index (κ2) is 18.6. The molecular formula is C32H54O22. The fraction of sp³-hybridized carbons (Fsp3) is 0.938. The minimum Gasteiger partial charge on any atom is -0.394 e. The van der Waals surface area contributed by atoms with Gasteiger partial charge in [0.25, 0.3) is 0 Å². The van der Waals surface area contributed by atoms with Gasteiger partial charge in [-0.2, -0.15) is 0 Å². The van der Waals surface area contributed by atoms with E-state index in [1.165, 1.54) is 26.8 Å². The summed E-state index contributed by atoms with van der Waals surface area (Å²) in [5.41, 5.74) is 0. The van der Waals surface area contributed by atoms with Gasteiger partial charge in [-0.1, -0.05) is 6.08 Å². The Labute approximate surface area is 309 Å². The zero-order chi connectivity index (χ0) is 39.8. The fourth-order valence-corrected chi connectivity index (χ4v) is 6.89. The first-order valence-corrected chi connectivity index (χ1v) is 17.7. The molecule has 5 saturated heterocycles. The van der Waals surface area contributed by atoms with E-state index in [1.807, 2.05) is 0 Å². The molecule has 5 aliphatic rings. The van der Waals surface area contributed by atoms with E-state index in [4.69, 9.17) is 47.4 Å². The maximum atomic E-state index is 11.5. The normalized spacial score (nSPS) is 53.0. The van der Waals surface area contributed by atoms with Crippen molar-refractivity contribution in [3.63, 3.8) is 0 Å². The molecule has 5 heterocycles. The van der Waals surface area contributed by atoms with Gasteiger partial charge in [-0.05, 0) is 20.8 Å². The lowest BCUT2D eigenvalue weighted by atomic mass is 9.96. The van der Waals surface area contributed by atoms with Crippen LogP contribution in [0.5, 0.6) is 0 Å². The van der Waals surface area contributed by atoms with Crippen LogP contribution in [-0.2, 0) is 47.4 Å². The van der Waals surface area contributed by atoms with E-state index in [-0.39, 0.29) is 6.61 Å². The van der Waals surface area contributed by atoms with Crippen LogP contribution in [0.3, 0.4) is 0 Å². The smallest absolute Gasteiger partial charge is 0.187 e. The Hall–Kier alpha value is -1.14. The molecule has 5 fully saturated rings. The van der Waals surface area contributed by atoms with E-state index >= 15 is 0 Å². The number of aliphatic hydroxyl groups excluding tert-OH is 12. The van der Waals surface area contributed by atoms with Crippen LogP contribution in [0.1, 0.15) is 20.8 Å². The molecule has 0 aromatic heterocycles. The van der Waals surface area contributed by atoms with E-state index in [1.54, 1.807) is 0 Å². The number of aliphatic hydroxyl groups is 12. The number of ether oxygens (including phenoxy) is 10. The van der Waals surface area contributed by atoms with Gasteiger partial charge in [-0.15, -0.1) is 6.58 Å². The average molecular weight is 791 g/mol. The molecule has 0 radical (unpaired) electrons. The summed E-state index contributed by atoms with van der Waals surface area (Å²) in [4.78, 5) is 0. The highest BCUT2D eigenvalue weighted by Gasteiger charge is 2.57. The third kappa shape index (κ3) is 8.95. The van der Waals surface area contributed by atoms with Crippen molar-refractivity contribution in [2.24, 2.45) is 0 Å². The van der Waals surface area contributed by atoms with Crippen molar-refractivity contribution in [1.82, 2.24) is 0 Å². The van der Waals surface area contributed by atoms with Crippen LogP contribution >= 0.6 is 0 Å². The van der Waals surface area contributed by atoms with E-state index in [2.05, 4.69) is 6.58 Å². The number of hydrogen-bond acceptors (Lipinski definition) is 22. The molecular weight excluding hydrogens is 736 g/mol. The standard InChI is InChI=1S/C32H54O22/c1-5-6-45-31-26(20(41)14(35)9(2)47-31)53-30-23(44)24(15(36)10(3)46-30)51-32-27(54-29-22(43)19(40)17(38)12(7-33)49-29)25(16(37)11(4)48-32)52-28-21(42)18(39)13(8-34)50-28/h5,9-44H,1,6-8H2,2-4H3/t9-,10-,11-,12+,13+,14-,15-,16-,17+,18+,19-,20+,21+,22+,23+,24+,25+,26+,27+,28-,29-,30-,31+,32-/m0/s1. The van der Waals surface area contributed by atoms with E-state index in [0.717, 1.165) is 0 Å². The first-order valence-electron chi connectivity index (χ1n) is 17.7. The predicted molar refractivity (Wildman–Crippen MR) is 170 cm³/mol. The summed E-state index contributed by atoms with van der Waals surface area (Å²) in [6, 6.07) is 0. The van der Waals surface area contributed by atoms with Crippen molar-refractivity contribution < 1.29 is 109 Å². The van der Waals surface area contributed by atoms with Gasteiger partial charge in [0.2, 0.25) is 0 Å². The Bertz CT molecular complexity index is 1190. The van der Waals surface area contributed by atoms with Crippen molar-refractivity contribution in [2.45, 2.75) is 168 Å². The molecule has 0 unspecified atom stereocenters. The van der Waals surface area contributed by atoms with Crippen LogP contribution in [0.4, 0.5) is 0 Å². The van der Waals surface area contributed by atoms with Crippen LogP contribution in [0.2, 0.25) is 0 Å². The maximum Gasteiger partial charge on any atom is 0.187 e. The van der Waals surface area contributed by atoms with Crippen molar-refractivity contribution in [3.05, 3.63) is 12.7 Å². The van der Waals surface area contributed by atoms with Gasteiger partial charge in [0, 0.05) is 0 Å². The quantitative estimate of drug-likeness (QED) is 0.0771. The Kier molecular flexibility index (Phi) is 15.2. The molecule has 12 N–H and O–H groups in total. The highest BCUT2D eigenvalue weighted by molar-refractivity contribution is 4.98. The van der Waals surface area contributed by atoms with Gasteiger partial charge in [0.15, 0.2) is 31.5 Å². The minimum atomic E-state index is -1.98. The van der Waals surface area contributed by atoms with Crippen molar-refractivity contribution in [1.29, 1.82) is 0 Å². The van der Waals surface area contributed by atoms with Gasteiger partial charge in [-0.3, -0.25) is 0 Å². The Morgan fingerprint density at radius 3 is 1.43 bits per heavy atom. The average Bonchev–Trinajstić information content (AvgIpc) is 3.42. The molecule has 0 aromatic rings. The van der Waals surface area contributed by atoms with Gasteiger partial charge >= 0.3 is 0 Å². The molecule has 22 heteroatoms. The lowest BCUT2D eigenvalue weighted by molar-refractivity contribution is -0.401. The summed E-state index contributed by atoms with van der Waals surface area (Å²) in [5.74, 6) is 0. The highest BCUT2D eigenvalue weighted by Crippen LogP contribution is 2.37. The van der Waals surface area contributed by atoms with Gasteiger partial charge in [0.1, 0.15) is 97.7 Å². The van der Waals surface area contributed by atoms with E-state index in [9.17, 15) is 61.3 Å². The van der Waals surface area contributed by atoms with Crippen LogP contribution in [-0.4, -0.2) is 229 Å². The first kappa shape index (κ1) is 44.0. The second-order valence-corrected chi connectivity index (χ2v) is 14.0. The van der Waals surface area contributed by atoms with E-state index in [0.29, 0.717) is 0 Å². The Morgan fingerprint density at radius 1 is 0.426 bits per heavy atom. The van der Waals surface area contributed by atoms with Crippen LogP contribution in [0.25, 0.3) is 0 Å². The van der Waals surface area contributed by atoms with Gasteiger partial charge in [-0.25, -0.2) is 0 Å².